The third-order valence-corrected chi connectivity index (χ3v) is 5.00. The molecule has 0 spiro atoms. The molecule has 3 aromatic heterocycles. The average Bonchev–Trinajstić information content (AvgIpc) is 3.03. The predicted octanol–water partition coefficient (Wildman–Crippen LogP) is 2.12. The average molecular weight is 338 g/mol. The van der Waals surface area contributed by atoms with E-state index in [4.69, 9.17) is 0 Å². The monoisotopic (exact) mass is 338 g/mol. The minimum atomic E-state index is -0.0787. The van der Waals surface area contributed by atoms with E-state index < -0.39 is 0 Å². The lowest BCUT2D eigenvalue weighted by molar-refractivity contribution is 0.493. The summed E-state index contributed by atoms with van der Waals surface area (Å²) in [7, 11) is 0. The maximum Gasteiger partial charge on any atom is 0.251 e. The first kappa shape index (κ1) is 15.8. The number of hydrogen-bond acceptors (Lipinski definition) is 5. The smallest absolute Gasteiger partial charge is 0.251 e. The number of hydrogen-bond donors (Lipinski definition) is 1. The van der Waals surface area contributed by atoms with Gasteiger partial charge in [0.05, 0.1) is 11.9 Å². The van der Waals surface area contributed by atoms with Crippen LogP contribution in [0.15, 0.2) is 23.1 Å². The van der Waals surface area contributed by atoms with Crippen molar-refractivity contribution in [2.75, 3.05) is 18.0 Å². The molecule has 130 valence electrons. The van der Waals surface area contributed by atoms with Crippen molar-refractivity contribution in [2.45, 2.75) is 39.5 Å². The molecule has 0 bridgehead atoms. The van der Waals surface area contributed by atoms with E-state index >= 15 is 0 Å². The zero-order valence-electron chi connectivity index (χ0n) is 14.8. The van der Waals surface area contributed by atoms with E-state index in [1.807, 2.05) is 24.4 Å². The van der Waals surface area contributed by atoms with Crippen molar-refractivity contribution in [3.8, 4) is 0 Å². The van der Waals surface area contributed by atoms with Gasteiger partial charge in [0.1, 0.15) is 11.6 Å². The van der Waals surface area contributed by atoms with Crippen molar-refractivity contribution in [2.24, 2.45) is 0 Å². The summed E-state index contributed by atoms with van der Waals surface area (Å²) >= 11 is 0. The summed E-state index contributed by atoms with van der Waals surface area (Å²) in [5.74, 6) is 2.01. The van der Waals surface area contributed by atoms with Crippen LogP contribution >= 0.6 is 0 Å². The molecule has 0 saturated carbocycles. The number of fused-ring (bicyclic) bond motifs is 1. The van der Waals surface area contributed by atoms with Gasteiger partial charge in [0, 0.05) is 42.4 Å². The Hall–Kier alpha value is -2.70. The van der Waals surface area contributed by atoms with E-state index in [-0.39, 0.29) is 11.5 Å². The Balaban J connectivity index is 1.74. The van der Waals surface area contributed by atoms with Crippen LogP contribution in [-0.4, -0.2) is 37.7 Å². The number of piperidine rings is 1. The van der Waals surface area contributed by atoms with E-state index in [2.05, 4.69) is 31.9 Å². The second-order valence-corrected chi connectivity index (χ2v) is 6.79. The Bertz CT molecular complexity index is 989. The highest BCUT2D eigenvalue weighted by Gasteiger charge is 2.26. The van der Waals surface area contributed by atoms with Crippen molar-refractivity contribution in [3.63, 3.8) is 0 Å². The molecule has 0 aromatic carbocycles. The first-order valence-corrected chi connectivity index (χ1v) is 8.66. The highest BCUT2D eigenvalue weighted by molar-refractivity contribution is 5.56. The Morgan fingerprint density at radius 1 is 1.24 bits per heavy atom. The lowest BCUT2D eigenvalue weighted by Crippen LogP contribution is -2.37. The van der Waals surface area contributed by atoms with Crippen LogP contribution in [0, 0.1) is 20.8 Å². The van der Waals surface area contributed by atoms with Crippen LogP contribution in [0.2, 0.25) is 0 Å². The Labute approximate surface area is 145 Å². The summed E-state index contributed by atoms with van der Waals surface area (Å²) in [6.07, 6.45) is 3.88. The highest BCUT2D eigenvalue weighted by Crippen LogP contribution is 2.31. The molecule has 1 saturated heterocycles. The van der Waals surface area contributed by atoms with E-state index in [1.165, 1.54) is 0 Å². The molecule has 0 amide bonds. The zero-order chi connectivity index (χ0) is 17.6. The summed E-state index contributed by atoms with van der Waals surface area (Å²) in [4.78, 5) is 26.1. The number of nitrogens with zero attached hydrogens (tertiary/aromatic N) is 5. The first-order valence-electron chi connectivity index (χ1n) is 8.66. The molecular weight excluding hydrogens is 316 g/mol. The van der Waals surface area contributed by atoms with Crippen molar-refractivity contribution >= 4 is 11.5 Å². The molecule has 1 fully saturated rings. The molecule has 0 aliphatic carbocycles. The fraction of sp³-hybridized carbons (Fsp3) is 0.444. The van der Waals surface area contributed by atoms with Gasteiger partial charge in [-0.1, -0.05) is 0 Å². The van der Waals surface area contributed by atoms with E-state index in [0.29, 0.717) is 5.82 Å². The highest BCUT2D eigenvalue weighted by atomic mass is 16.1. The molecule has 4 heterocycles. The summed E-state index contributed by atoms with van der Waals surface area (Å²) in [6, 6.07) is 3.56. The SMILES string of the molecule is Cc1nc(C2CCCN(c3c(C)c(C)nc4ccnn34)C2)cc(=O)[nH]1. The lowest BCUT2D eigenvalue weighted by atomic mass is 9.94. The standard InChI is InChI=1S/C18H22N6O/c1-11-12(2)20-16-6-7-19-24(16)18(11)23-8-4-5-14(10-23)15-9-17(25)22-13(3)21-15/h6-7,9,14H,4-5,8,10H2,1-3H3,(H,21,22,25). The third-order valence-electron chi connectivity index (χ3n) is 5.00. The van der Waals surface area contributed by atoms with Crippen LogP contribution in [0.25, 0.3) is 5.65 Å². The van der Waals surface area contributed by atoms with Gasteiger partial charge >= 0.3 is 0 Å². The molecule has 7 heteroatoms. The number of H-pyrrole nitrogens is 1. The van der Waals surface area contributed by atoms with Crippen molar-refractivity contribution in [3.05, 3.63) is 51.5 Å². The Morgan fingerprint density at radius 3 is 2.88 bits per heavy atom. The minimum absolute atomic E-state index is 0.0787. The van der Waals surface area contributed by atoms with Gasteiger partial charge in [-0.3, -0.25) is 4.79 Å². The normalized spacial score (nSPS) is 18.0. The van der Waals surface area contributed by atoms with Gasteiger partial charge in [0.25, 0.3) is 5.56 Å². The largest absolute Gasteiger partial charge is 0.356 e. The Kier molecular flexibility index (Phi) is 3.78. The first-order chi connectivity index (χ1) is 12.0. The molecule has 1 unspecified atom stereocenters. The maximum atomic E-state index is 11.8. The van der Waals surface area contributed by atoms with E-state index in [1.54, 1.807) is 12.3 Å². The molecular formula is C18H22N6O. The van der Waals surface area contributed by atoms with Crippen LogP contribution in [0.4, 0.5) is 5.82 Å². The predicted molar refractivity (Wildman–Crippen MR) is 96.2 cm³/mol. The zero-order valence-corrected chi connectivity index (χ0v) is 14.8. The fourth-order valence-electron chi connectivity index (χ4n) is 3.71. The third kappa shape index (κ3) is 2.79. The Morgan fingerprint density at radius 2 is 2.08 bits per heavy atom. The molecule has 1 N–H and O–H groups in total. The van der Waals surface area contributed by atoms with Crippen molar-refractivity contribution in [1.82, 2.24) is 24.6 Å². The second-order valence-electron chi connectivity index (χ2n) is 6.79. The number of nitrogens with one attached hydrogen (secondary N) is 1. The number of aromatic nitrogens is 5. The number of aryl methyl sites for hydroxylation is 2. The molecule has 4 rings (SSSR count). The van der Waals surface area contributed by atoms with Gasteiger partial charge in [-0.05, 0) is 33.6 Å². The van der Waals surface area contributed by atoms with E-state index in [9.17, 15) is 4.79 Å². The quantitative estimate of drug-likeness (QED) is 0.774. The summed E-state index contributed by atoms with van der Waals surface area (Å²) in [5, 5.41) is 4.46. The van der Waals surface area contributed by atoms with Gasteiger partial charge in [0.2, 0.25) is 0 Å². The number of anilines is 1. The second kappa shape index (κ2) is 5.98. The van der Waals surface area contributed by atoms with Gasteiger partial charge in [0.15, 0.2) is 5.65 Å². The minimum Gasteiger partial charge on any atom is -0.356 e. The van der Waals surface area contributed by atoms with Gasteiger partial charge in [-0.15, -0.1) is 0 Å². The lowest BCUT2D eigenvalue weighted by Gasteiger charge is -2.35. The fourth-order valence-corrected chi connectivity index (χ4v) is 3.71. The van der Waals surface area contributed by atoms with Crippen LogP contribution in [0.5, 0.6) is 0 Å². The van der Waals surface area contributed by atoms with Crippen LogP contribution in [0.3, 0.4) is 0 Å². The van der Waals surface area contributed by atoms with Crippen molar-refractivity contribution < 1.29 is 0 Å². The molecule has 1 aliphatic rings. The topological polar surface area (TPSA) is 79.2 Å². The summed E-state index contributed by atoms with van der Waals surface area (Å²) in [6.45, 7) is 7.76. The van der Waals surface area contributed by atoms with E-state index in [0.717, 1.165) is 54.3 Å². The van der Waals surface area contributed by atoms with Crippen LogP contribution < -0.4 is 10.5 Å². The molecule has 1 aliphatic heterocycles. The van der Waals surface area contributed by atoms with Crippen LogP contribution in [0.1, 0.15) is 41.5 Å². The summed E-state index contributed by atoms with van der Waals surface area (Å²) in [5.41, 5.74) is 3.84. The van der Waals surface area contributed by atoms with Crippen molar-refractivity contribution in [1.29, 1.82) is 0 Å². The van der Waals surface area contributed by atoms with Gasteiger partial charge in [-0.25, -0.2) is 9.97 Å². The summed E-state index contributed by atoms with van der Waals surface area (Å²) < 4.78 is 1.92. The maximum absolute atomic E-state index is 11.8. The number of aromatic amines is 1. The van der Waals surface area contributed by atoms with Gasteiger partial charge in [-0.2, -0.15) is 9.61 Å². The number of rotatable bonds is 2. The molecule has 25 heavy (non-hydrogen) atoms. The van der Waals surface area contributed by atoms with Gasteiger partial charge < -0.3 is 9.88 Å². The van der Waals surface area contributed by atoms with Crippen LogP contribution in [-0.2, 0) is 0 Å². The molecule has 7 nitrogen and oxygen atoms in total. The molecule has 1 atom stereocenters. The molecule has 0 radical (unpaired) electrons. The molecule has 3 aromatic rings.